The quantitative estimate of drug-likeness (QED) is 0.861. The number of rotatable bonds is 5. The number of carbonyl (C=O) groups excluding carboxylic acids is 1. The molecule has 1 N–H and O–H groups in total. The number of carbonyl (C=O) groups is 1. The molecule has 1 amide bonds. The highest BCUT2D eigenvalue weighted by atomic mass is 32.2. The molecule has 0 spiro atoms. The summed E-state index contributed by atoms with van der Waals surface area (Å²) in [5, 5.41) is 0. The highest BCUT2D eigenvalue weighted by Gasteiger charge is 2.26. The first-order valence-electron chi connectivity index (χ1n) is 8.53. The Morgan fingerprint density at radius 1 is 1.20 bits per heavy atom. The number of nitrogens with zero attached hydrogens (tertiary/aromatic N) is 1. The summed E-state index contributed by atoms with van der Waals surface area (Å²) in [5.74, 6) is -0.0541. The Morgan fingerprint density at radius 2 is 1.76 bits per heavy atom. The van der Waals surface area contributed by atoms with E-state index in [1.807, 2.05) is 12.1 Å². The maximum Gasteiger partial charge on any atom is 0.248 e. The topological polar surface area (TPSA) is 75.7 Å². The van der Waals surface area contributed by atoms with Crippen molar-refractivity contribution in [3.05, 3.63) is 29.8 Å². The number of hydrogen-bond donors (Lipinski definition) is 1. The van der Waals surface area contributed by atoms with Gasteiger partial charge in [-0.05, 0) is 36.0 Å². The number of piperidine rings is 1. The summed E-state index contributed by atoms with van der Waals surface area (Å²) in [6.07, 6.45) is 1.21. The Morgan fingerprint density at radius 3 is 2.24 bits per heavy atom. The molecule has 0 unspecified atom stereocenters. The number of nitrogens with one attached hydrogen (secondary N) is 1. The van der Waals surface area contributed by atoms with E-state index in [1.165, 1.54) is 7.11 Å². The fraction of sp³-hybridized carbons (Fsp3) is 0.611. The molecule has 1 aromatic rings. The van der Waals surface area contributed by atoms with E-state index in [1.54, 1.807) is 17.0 Å². The normalized spacial score (nSPS) is 16.9. The molecule has 0 saturated carbocycles. The molecule has 0 aromatic heterocycles. The van der Waals surface area contributed by atoms with Crippen LogP contribution in [0.3, 0.4) is 0 Å². The highest BCUT2D eigenvalue weighted by Crippen LogP contribution is 2.23. The Bertz CT molecular complexity index is 685. The number of benzene rings is 1. The molecule has 1 fully saturated rings. The van der Waals surface area contributed by atoms with Crippen molar-refractivity contribution in [2.75, 3.05) is 26.8 Å². The first kappa shape index (κ1) is 19.9. The third-order valence-corrected chi connectivity index (χ3v) is 6.00. The van der Waals surface area contributed by atoms with E-state index in [2.05, 4.69) is 25.5 Å². The summed E-state index contributed by atoms with van der Waals surface area (Å²) in [4.78, 5) is 13.8. The lowest BCUT2D eigenvalue weighted by Gasteiger charge is -2.32. The molecule has 1 heterocycles. The van der Waals surface area contributed by atoms with Gasteiger partial charge in [0.1, 0.15) is 6.61 Å². The maximum absolute atomic E-state index is 12.6. The van der Waals surface area contributed by atoms with Crippen LogP contribution in [-0.4, -0.2) is 52.1 Å². The molecule has 0 atom stereocenters. The minimum absolute atomic E-state index is 0.0166. The highest BCUT2D eigenvalue weighted by molar-refractivity contribution is 7.89. The van der Waals surface area contributed by atoms with Gasteiger partial charge in [-0.2, -0.15) is 0 Å². The van der Waals surface area contributed by atoms with Crippen molar-refractivity contribution in [2.45, 2.75) is 50.0 Å². The molecule has 1 aliphatic heterocycles. The number of amides is 1. The Labute approximate surface area is 150 Å². The lowest BCUT2D eigenvalue weighted by molar-refractivity contribution is -0.136. The first-order valence-corrected chi connectivity index (χ1v) is 10.0. The average Bonchev–Trinajstić information content (AvgIpc) is 2.55. The monoisotopic (exact) mass is 368 g/mol. The molecule has 140 valence electrons. The molecule has 6 nitrogen and oxygen atoms in total. The van der Waals surface area contributed by atoms with Gasteiger partial charge in [0, 0.05) is 26.2 Å². The Hall–Kier alpha value is -1.44. The van der Waals surface area contributed by atoms with E-state index in [9.17, 15) is 13.2 Å². The van der Waals surface area contributed by atoms with E-state index in [4.69, 9.17) is 4.74 Å². The predicted octanol–water partition coefficient (Wildman–Crippen LogP) is 1.90. The van der Waals surface area contributed by atoms with Gasteiger partial charge in [-0.15, -0.1) is 0 Å². The predicted molar refractivity (Wildman–Crippen MR) is 96.9 cm³/mol. The number of sulfonamides is 1. The van der Waals surface area contributed by atoms with Crippen LogP contribution in [0.5, 0.6) is 0 Å². The summed E-state index contributed by atoms with van der Waals surface area (Å²) in [6.45, 7) is 7.42. The Balaban J connectivity index is 1.97. The molecule has 1 aromatic carbocycles. The van der Waals surface area contributed by atoms with Crippen LogP contribution in [0.2, 0.25) is 0 Å². The van der Waals surface area contributed by atoms with Crippen molar-refractivity contribution in [3.8, 4) is 0 Å². The second kappa shape index (κ2) is 7.85. The number of likely N-dealkylation sites (tertiary alicyclic amines) is 1. The number of methoxy groups -OCH3 is 1. The molecule has 0 aliphatic carbocycles. The zero-order valence-corrected chi connectivity index (χ0v) is 16.2. The smallest absolute Gasteiger partial charge is 0.248 e. The van der Waals surface area contributed by atoms with Crippen LogP contribution in [0, 0.1) is 0 Å². The van der Waals surface area contributed by atoms with Crippen LogP contribution < -0.4 is 4.72 Å². The molecule has 1 saturated heterocycles. The first-order chi connectivity index (χ1) is 11.6. The van der Waals surface area contributed by atoms with Crippen LogP contribution >= 0.6 is 0 Å². The lowest BCUT2D eigenvalue weighted by atomic mass is 9.87. The minimum Gasteiger partial charge on any atom is -0.375 e. The fourth-order valence-electron chi connectivity index (χ4n) is 2.88. The molecule has 0 bridgehead atoms. The molecular formula is C18H28N2O4S. The molecule has 1 aliphatic rings. The van der Waals surface area contributed by atoms with Gasteiger partial charge in [-0.3, -0.25) is 4.79 Å². The maximum atomic E-state index is 12.6. The van der Waals surface area contributed by atoms with Crippen LogP contribution in [0.15, 0.2) is 29.2 Å². The van der Waals surface area contributed by atoms with E-state index in [0.29, 0.717) is 25.9 Å². The zero-order valence-electron chi connectivity index (χ0n) is 15.4. The molecule has 2 rings (SSSR count). The lowest BCUT2D eigenvalue weighted by Crippen LogP contribution is -2.47. The fourth-order valence-corrected chi connectivity index (χ4v) is 4.19. The van der Waals surface area contributed by atoms with Gasteiger partial charge in [-0.1, -0.05) is 32.9 Å². The van der Waals surface area contributed by atoms with Gasteiger partial charge in [0.15, 0.2) is 0 Å². The van der Waals surface area contributed by atoms with Gasteiger partial charge in [0.2, 0.25) is 15.9 Å². The summed E-state index contributed by atoms with van der Waals surface area (Å²) in [5.41, 5.74) is 1.08. The molecule has 0 radical (unpaired) electrons. The summed E-state index contributed by atoms with van der Waals surface area (Å²) in [6, 6.07) is 6.88. The summed E-state index contributed by atoms with van der Waals surface area (Å²) in [7, 11) is -2.06. The number of hydrogen-bond acceptors (Lipinski definition) is 4. The van der Waals surface area contributed by atoms with Crippen LogP contribution in [0.4, 0.5) is 0 Å². The third-order valence-electron chi connectivity index (χ3n) is 4.47. The van der Waals surface area contributed by atoms with Crippen molar-refractivity contribution in [1.82, 2.24) is 9.62 Å². The van der Waals surface area contributed by atoms with Gasteiger partial charge in [0.25, 0.3) is 0 Å². The van der Waals surface area contributed by atoms with Crippen molar-refractivity contribution in [2.24, 2.45) is 0 Å². The standard InChI is InChI=1S/C18H28N2O4S/c1-18(2,3)14-5-7-16(8-6-14)25(22,23)19-15-9-11-20(12-10-15)17(21)13-24-4/h5-8,15,19H,9-13H2,1-4H3. The van der Waals surface area contributed by atoms with Crippen molar-refractivity contribution in [3.63, 3.8) is 0 Å². The van der Waals surface area contributed by atoms with E-state index >= 15 is 0 Å². The van der Waals surface area contributed by atoms with E-state index in [0.717, 1.165) is 5.56 Å². The van der Waals surface area contributed by atoms with E-state index < -0.39 is 10.0 Å². The van der Waals surface area contributed by atoms with Crippen molar-refractivity contribution >= 4 is 15.9 Å². The zero-order chi connectivity index (χ0) is 18.7. The summed E-state index contributed by atoms with van der Waals surface area (Å²) < 4.78 is 32.8. The van der Waals surface area contributed by atoms with Gasteiger partial charge < -0.3 is 9.64 Å². The average molecular weight is 368 g/mol. The number of ether oxygens (including phenoxy) is 1. The van der Waals surface area contributed by atoms with Gasteiger partial charge in [0.05, 0.1) is 4.90 Å². The van der Waals surface area contributed by atoms with Crippen molar-refractivity contribution in [1.29, 1.82) is 0 Å². The molecule has 7 heteroatoms. The second-order valence-corrected chi connectivity index (χ2v) is 9.20. The molecule has 25 heavy (non-hydrogen) atoms. The van der Waals surface area contributed by atoms with Crippen LogP contribution in [0.1, 0.15) is 39.2 Å². The molecular weight excluding hydrogens is 340 g/mol. The van der Waals surface area contributed by atoms with Crippen LogP contribution in [0.25, 0.3) is 0 Å². The summed E-state index contributed by atoms with van der Waals surface area (Å²) >= 11 is 0. The Kier molecular flexibility index (Phi) is 6.24. The van der Waals surface area contributed by atoms with E-state index in [-0.39, 0.29) is 28.9 Å². The minimum atomic E-state index is -3.55. The van der Waals surface area contributed by atoms with Crippen molar-refractivity contribution < 1.29 is 17.9 Å². The van der Waals surface area contributed by atoms with Gasteiger partial charge >= 0.3 is 0 Å². The van der Waals surface area contributed by atoms with Crippen LogP contribution in [-0.2, 0) is 25.0 Å². The third kappa shape index (κ3) is 5.26. The van der Waals surface area contributed by atoms with Gasteiger partial charge in [-0.25, -0.2) is 13.1 Å². The second-order valence-electron chi connectivity index (χ2n) is 7.48. The largest absolute Gasteiger partial charge is 0.375 e. The SMILES string of the molecule is COCC(=O)N1CCC(NS(=O)(=O)c2ccc(C(C)(C)C)cc2)CC1.